The summed E-state index contributed by atoms with van der Waals surface area (Å²) in [6, 6.07) is 0.397. The monoisotopic (exact) mass is 206 g/mol. The lowest BCUT2D eigenvalue weighted by Crippen LogP contribution is -2.22. The number of nitrogens with zero attached hydrogens (tertiary/aromatic N) is 2. The van der Waals surface area contributed by atoms with Gasteiger partial charge in [-0.15, -0.1) is 0 Å². The number of rotatable bonds is 2. The van der Waals surface area contributed by atoms with E-state index in [4.69, 9.17) is 0 Å². The minimum absolute atomic E-state index is 0.385. The van der Waals surface area contributed by atoms with E-state index in [0.29, 0.717) is 30.6 Å². The molecule has 1 aliphatic carbocycles. The first-order valence-electron chi connectivity index (χ1n) is 5.58. The van der Waals surface area contributed by atoms with Gasteiger partial charge in [0.25, 0.3) is 0 Å². The highest BCUT2D eigenvalue weighted by Gasteiger charge is 2.32. The maximum atomic E-state index is 11.0. The Kier molecular flexibility index (Phi) is 2.41. The average molecular weight is 206 g/mol. The van der Waals surface area contributed by atoms with Gasteiger partial charge >= 0.3 is 0 Å². The van der Waals surface area contributed by atoms with Crippen molar-refractivity contribution < 1.29 is 4.79 Å². The molecule has 1 fully saturated rings. The molecule has 3 nitrogen and oxygen atoms in total. The van der Waals surface area contributed by atoms with Gasteiger partial charge in [0.1, 0.15) is 5.78 Å². The fourth-order valence-electron chi connectivity index (χ4n) is 2.46. The number of aryl methyl sites for hydroxylation is 1. The highest BCUT2D eigenvalue weighted by molar-refractivity contribution is 5.86. The summed E-state index contributed by atoms with van der Waals surface area (Å²) in [5, 5.41) is 4.54. The van der Waals surface area contributed by atoms with Crippen LogP contribution in [0.4, 0.5) is 0 Å². The van der Waals surface area contributed by atoms with Crippen molar-refractivity contribution in [1.29, 1.82) is 0 Å². The van der Waals surface area contributed by atoms with Crippen molar-refractivity contribution in [2.45, 2.75) is 52.5 Å². The Morgan fingerprint density at radius 2 is 1.93 bits per heavy atom. The van der Waals surface area contributed by atoms with Gasteiger partial charge in [-0.25, -0.2) is 0 Å². The van der Waals surface area contributed by atoms with Crippen LogP contribution in [0.1, 0.15) is 55.6 Å². The fourth-order valence-corrected chi connectivity index (χ4v) is 2.46. The molecule has 1 saturated carbocycles. The molecule has 15 heavy (non-hydrogen) atoms. The quantitative estimate of drug-likeness (QED) is 0.745. The summed E-state index contributed by atoms with van der Waals surface area (Å²) < 4.78 is 2.06. The summed E-state index contributed by atoms with van der Waals surface area (Å²) in [6.07, 6.45) is 1.43. The molecule has 0 saturated heterocycles. The van der Waals surface area contributed by atoms with E-state index in [1.807, 2.05) is 6.92 Å². The van der Waals surface area contributed by atoms with Crippen LogP contribution in [-0.2, 0) is 4.79 Å². The molecule has 0 atom stereocenters. The van der Waals surface area contributed by atoms with Crippen LogP contribution >= 0.6 is 0 Å². The maximum absolute atomic E-state index is 11.0. The zero-order chi connectivity index (χ0) is 11.2. The van der Waals surface area contributed by atoms with Gasteiger partial charge in [0.2, 0.25) is 0 Å². The second-order valence-electron chi connectivity index (χ2n) is 4.77. The number of hydrogen-bond donors (Lipinski definition) is 0. The van der Waals surface area contributed by atoms with Crippen LogP contribution in [0.3, 0.4) is 0 Å². The van der Waals surface area contributed by atoms with Gasteiger partial charge in [-0.05, 0) is 33.3 Å². The number of Topliss-reactive ketones (excluding diaryl/α,β-unsaturated/α-hetero) is 1. The zero-order valence-electron chi connectivity index (χ0n) is 9.87. The molecular weight excluding hydrogens is 188 g/mol. The van der Waals surface area contributed by atoms with Crippen LogP contribution in [-0.4, -0.2) is 15.6 Å². The first-order chi connectivity index (χ1) is 7.00. The number of carbonyl (C=O) groups is 1. The Bertz CT molecular complexity index is 396. The summed E-state index contributed by atoms with van der Waals surface area (Å²) in [4.78, 5) is 11.0. The topological polar surface area (TPSA) is 34.9 Å². The Morgan fingerprint density at radius 1 is 1.33 bits per heavy atom. The molecule has 0 bridgehead atoms. The van der Waals surface area contributed by atoms with Crippen molar-refractivity contribution in [2.75, 3.05) is 0 Å². The SMILES string of the molecule is Cc1nn(C(C)C)c(C)c1C1CC(=O)C1. The molecule has 1 heterocycles. The van der Waals surface area contributed by atoms with Gasteiger partial charge in [0.05, 0.1) is 5.69 Å². The third-order valence-corrected chi connectivity index (χ3v) is 3.23. The lowest BCUT2D eigenvalue weighted by atomic mass is 9.78. The lowest BCUT2D eigenvalue weighted by Gasteiger charge is -2.24. The molecule has 0 unspecified atom stereocenters. The molecule has 1 aliphatic rings. The second-order valence-corrected chi connectivity index (χ2v) is 4.77. The van der Waals surface area contributed by atoms with Gasteiger partial charge < -0.3 is 0 Å². The predicted octanol–water partition coefficient (Wildman–Crippen LogP) is 2.53. The summed E-state index contributed by atoms with van der Waals surface area (Å²) >= 11 is 0. The van der Waals surface area contributed by atoms with Gasteiger partial charge in [0, 0.05) is 30.5 Å². The Labute approximate surface area is 90.5 Å². The molecule has 82 valence electrons. The van der Waals surface area contributed by atoms with Gasteiger partial charge in [-0.1, -0.05) is 0 Å². The Balaban J connectivity index is 2.35. The summed E-state index contributed by atoms with van der Waals surface area (Å²) in [7, 11) is 0. The standard InChI is InChI=1S/C12H18N2O/c1-7(2)14-9(4)12(8(3)13-14)10-5-11(15)6-10/h7,10H,5-6H2,1-4H3. The van der Waals surface area contributed by atoms with Crippen LogP contribution in [0.2, 0.25) is 0 Å². The summed E-state index contributed by atoms with van der Waals surface area (Å²) in [5.41, 5.74) is 3.64. The number of hydrogen-bond acceptors (Lipinski definition) is 2. The van der Waals surface area contributed by atoms with E-state index in [1.165, 1.54) is 11.3 Å². The lowest BCUT2D eigenvalue weighted by molar-refractivity contribution is -0.124. The maximum Gasteiger partial charge on any atom is 0.134 e. The van der Waals surface area contributed by atoms with Crippen molar-refractivity contribution in [3.8, 4) is 0 Å². The van der Waals surface area contributed by atoms with Crippen molar-refractivity contribution >= 4 is 5.78 Å². The normalized spacial score (nSPS) is 17.3. The third kappa shape index (κ3) is 1.60. The van der Waals surface area contributed by atoms with Crippen molar-refractivity contribution in [3.63, 3.8) is 0 Å². The number of ketones is 1. The molecular formula is C12H18N2O. The van der Waals surface area contributed by atoms with E-state index in [2.05, 4.69) is 30.6 Å². The van der Waals surface area contributed by atoms with Crippen molar-refractivity contribution in [2.24, 2.45) is 0 Å². The van der Waals surface area contributed by atoms with E-state index in [0.717, 1.165) is 5.69 Å². The molecule has 0 amide bonds. The highest BCUT2D eigenvalue weighted by atomic mass is 16.1. The van der Waals surface area contributed by atoms with Crippen molar-refractivity contribution in [3.05, 3.63) is 17.0 Å². The van der Waals surface area contributed by atoms with Gasteiger partial charge in [-0.3, -0.25) is 9.48 Å². The smallest absolute Gasteiger partial charge is 0.134 e. The molecule has 1 aromatic rings. The minimum atomic E-state index is 0.385. The van der Waals surface area contributed by atoms with E-state index < -0.39 is 0 Å². The number of aromatic nitrogens is 2. The summed E-state index contributed by atoms with van der Waals surface area (Å²) in [6.45, 7) is 8.42. The van der Waals surface area contributed by atoms with E-state index in [1.54, 1.807) is 0 Å². The molecule has 0 aliphatic heterocycles. The Hall–Kier alpha value is -1.12. The molecule has 0 aromatic carbocycles. The van der Waals surface area contributed by atoms with Crippen LogP contribution in [0.5, 0.6) is 0 Å². The third-order valence-electron chi connectivity index (χ3n) is 3.23. The summed E-state index contributed by atoms with van der Waals surface area (Å²) in [5.74, 6) is 0.820. The van der Waals surface area contributed by atoms with Crippen molar-refractivity contribution in [1.82, 2.24) is 9.78 Å². The number of carbonyl (C=O) groups excluding carboxylic acids is 1. The Morgan fingerprint density at radius 3 is 2.33 bits per heavy atom. The van der Waals surface area contributed by atoms with E-state index in [9.17, 15) is 4.79 Å². The zero-order valence-corrected chi connectivity index (χ0v) is 9.87. The van der Waals surface area contributed by atoms with Crippen LogP contribution in [0.15, 0.2) is 0 Å². The van der Waals surface area contributed by atoms with Crippen LogP contribution in [0, 0.1) is 13.8 Å². The van der Waals surface area contributed by atoms with Crippen LogP contribution in [0.25, 0.3) is 0 Å². The predicted molar refractivity (Wildman–Crippen MR) is 59.1 cm³/mol. The molecule has 0 spiro atoms. The van der Waals surface area contributed by atoms with Gasteiger partial charge in [0.15, 0.2) is 0 Å². The minimum Gasteiger partial charge on any atom is -0.300 e. The first kappa shape index (κ1) is 10.4. The highest BCUT2D eigenvalue weighted by Crippen LogP contribution is 2.37. The first-order valence-corrected chi connectivity index (χ1v) is 5.58. The van der Waals surface area contributed by atoms with Gasteiger partial charge in [-0.2, -0.15) is 5.10 Å². The van der Waals surface area contributed by atoms with Crippen LogP contribution < -0.4 is 0 Å². The average Bonchev–Trinajstić information content (AvgIpc) is 2.38. The second kappa shape index (κ2) is 3.47. The molecule has 3 heteroatoms. The largest absolute Gasteiger partial charge is 0.300 e. The fraction of sp³-hybridized carbons (Fsp3) is 0.667. The van der Waals surface area contributed by atoms with E-state index in [-0.39, 0.29) is 0 Å². The van der Waals surface area contributed by atoms with E-state index >= 15 is 0 Å². The molecule has 0 radical (unpaired) electrons. The molecule has 0 N–H and O–H groups in total. The molecule has 1 aromatic heterocycles. The molecule has 2 rings (SSSR count).